The van der Waals surface area contributed by atoms with Crippen LogP contribution in [0.15, 0.2) is 12.4 Å². The number of amides is 1. The zero-order valence-corrected chi connectivity index (χ0v) is 16.6. The summed E-state index contributed by atoms with van der Waals surface area (Å²) in [6.45, 7) is 0.332. The number of halogens is 6. The molecule has 0 aliphatic carbocycles. The van der Waals surface area contributed by atoms with Crippen molar-refractivity contribution in [3.05, 3.63) is 23.9 Å². The van der Waals surface area contributed by atoms with Gasteiger partial charge in [-0.3, -0.25) is 14.5 Å². The predicted octanol–water partition coefficient (Wildman–Crippen LogP) is 1.89. The SMILES string of the molecule is Cl.Cl.O=C(Cn1nc(C2CNC2)c2c(F)cncc21)N1CCO[C@@H](C(F)(F)F)C1. The topological polar surface area (TPSA) is 72.3 Å². The van der Waals surface area contributed by atoms with Gasteiger partial charge in [-0.05, 0) is 0 Å². The lowest BCUT2D eigenvalue weighted by Gasteiger charge is -2.33. The van der Waals surface area contributed by atoms with Crippen LogP contribution in [0.25, 0.3) is 10.9 Å². The molecule has 4 rings (SSSR count). The van der Waals surface area contributed by atoms with Gasteiger partial charge in [-0.15, -0.1) is 24.8 Å². The summed E-state index contributed by atoms with van der Waals surface area (Å²) in [5.74, 6) is -1.03. The van der Waals surface area contributed by atoms with Crippen molar-refractivity contribution in [3.8, 4) is 0 Å². The fourth-order valence-electron chi connectivity index (χ4n) is 3.30. The number of fused-ring (bicyclic) bond motifs is 1. The van der Waals surface area contributed by atoms with Crippen molar-refractivity contribution >= 4 is 41.6 Å². The molecule has 0 aromatic carbocycles. The van der Waals surface area contributed by atoms with E-state index in [0.717, 1.165) is 11.1 Å². The summed E-state index contributed by atoms with van der Waals surface area (Å²) < 4.78 is 58.9. The fourth-order valence-corrected chi connectivity index (χ4v) is 3.30. The van der Waals surface area contributed by atoms with Crippen LogP contribution in [0, 0.1) is 5.82 Å². The zero-order chi connectivity index (χ0) is 19.2. The highest BCUT2D eigenvalue weighted by Crippen LogP contribution is 2.29. The average Bonchev–Trinajstić information content (AvgIpc) is 2.92. The Morgan fingerprint density at radius 1 is 1.28 bits per heavy atom. The van der Waals surface area contributed by atoms with E-state index in [0.29, 0.717) is 29.7 Å². The van der Waals surface area contributed by atoms with Gasteiger partial charge in [-0.1, -0.05) is 0 Å². The third-order valence-corrected chi connectivity index (χ3v) is 4.88. The summed E-state index contributed by atoms with van der Waals surface area (Å²) in [6.07, 6.45) is -4.04. The molecule has 1 amide bonds. The highest BCUT2D eigenvalue weighted by Gasteiger charge is 2.44. The third-order valence-electron chi connectivity index (χ3n) is 4.88. The molecule has 2 saturated heterocycles. The van der Waals surface area contributed by atoms with E-state index in [4.69, 9.17) is 4.74 Å². The maximum Gasteiger partial charge on any atom is 0.416 e. The Balaban J connectivity index is 0.00000150. The lowest BCUT2D eigenvalue weighted by Crippen LogP contribution is -2.51. The molecule has 2 fully saturated rings. The number of alkyl halides is 3. The molecule has 13 heteroatoms. The van der Waals surface area contributed by atoms with Gasteiger partial charge < -0.3 is 15.0 Å². The normalized spacial score (nSPS) is 20.0. The monoisotopic (exact) mass is 459 g/mol. The van der Waals surface area contributed by atoms with Gasteiger partial charge in [0.05, 0.1) is 42.1 Å². The molecule has 0 bridgehead atoms. The molecular formula is C16H19Cl2F4N5O2. The largest absolute Gasteiger partial charge is 0.416 e. The average molecular weight is 460 g/mol. The molecule has 4 heterocycles. The summed E-state index contributed by atoms with van der Waals surface area (Å²) in [7, 11) is 0. The highest BCUT2D eigenvalue weighted by atomic mass is 35.5. The summed E-state index contributed by atoms with van der Waals surface area (Å²) in [4.78, 5) is 17.5. The van der Waals surface area contributed by atoms with Gasteiger partial charge in [-0.25, -0.2) is 4.39 Å². The molecule has 1 N–H and O–H groups in total. The molecule has 2 aliphatic heterocycles. The number of nitrogens with one attached hydrogen (secondary N) is 1. The van der Waals surface area contributed by atoms with Crippen LogP contribution in [0.1, 0.15) is 11.6 Å². The number of hydrogen-bond donors (Lipinski definition) is 1. The second kappa shape index (κ2) is 8.99. The van der Waals surface area contributed by atoms with Crippen LogP contribution >= 0.6 is 24.8 Å². The molecule has 0 saturated carbocycles. The highest BCUT2D eigenvalue weighted by molar-refractivity contribution is 5.86. The molecule has 2 aromatic rings. The number of carbonyl (C=O) groups excluding carboxylic acids is 1. The molecule has 2 aliphatic rings. The van der Waals surface area contributed by atoms with Crippen LogP contribution in [0.2, 0.25) is 0 Å². The van der Waals surface area contributed by atoms with Crippen LogP contribution in [0.5, 0.6) is 0 Å². The van der Waals surface area contributed by atoms with E-state index < -0.39 is 30.5 Å². The van der Waals surface area contributed by atoms with Crippen molar-refractivity contribution in [1.29, 1.82) is 0 Å². The Hall–Kier alpha value is -1.69. The molecule has 0 spiro atoms. The van der Waals surface area contributed by atoms with Gasteiger partial charge in [0.2, 0.25) is 5.91 Å². The lowest BCUT2D eigenvalue weighted by atomic mass is 9.97. The van der Waals surface area contributed by atoms with Crippen LogP contribution in [-0.4, -0.2) is 70.6 Å². The quantitative estimate of drug-likeness (QED) is 0.709. The van der Waals surface area contributed by atoms with Gasteiger partial charge in [0.1, 0.15) is 6.54 Å². The Kier molecular flexibility index (Phi) is 7.31. The Labute approximate surface area is 175 Å². The second-order valence-corrected chi connectivity index (χ2v) is 6.65. The van der Waals surface area contributed by atoms with Crippen molar-refractivity contribution in [2.45, 2.75) is 24.7 Å². The second-order valence-electron chi connectivity index (χ2n) is 6.65. The van der Waals surface area contributed by atoms with Crippen LogP contribution in [0.4, 0.5) is 17.6 Å². The minimum atomic E-state index is -4.53. The molecular weight excluding hydrogens is 441 g/mol. The first-order valence-electron chi connectivity index (χ1n) is 8.51. The summed E-state index contributed by atoms with van der Waals surface area (Å²) in [5, 5.41) is 7.76. The fraction of sp³-hybridized carbons (Fsp3) is 0.562. The molecule has 29 heavy (non-hydrogen) atoms. The number of hydrogen-bond acceptors (Lipinski definition) is 5. The maximum absolute atomic E-state index is 14.3. The van der Waals surface area contributed by atoms with Gasteiger partial charge >= 0.3 is 6.18 Å². The number of carbonyl (C=O) groups is 1. The van der Waals surface area contributed by atoms with Crippen molar-refractivity contribution in [2.75, 3.05) is 32.8 Å². The smallest absolute Gasteiger partial charge is 0.365 e. The van der Waals surface area contributed by atoms with E-state index in [1.807, 2.05) is 0 Å². The van der Waals surface area contributed by atoms with E-state index in [1.54, 1.807) is 0 Å². The van der Waals surface area contributed by atoms with Crippen LogP contribution in [0.3, 0.4) is 0 Å². The Bertz CT molecular complexity index is 875. The first-order valence-corrected chi connectivity index (χ1v) is 8.51. The Morgan fingerprint density at radius 2 is 2.00 bits per heavy atom. The molecule has 2 aromatic heterocycles. The third kappa shape index (κ3) is 4.57. The molecule has 1 atom stereocenters. The lowest BCUT2D eigenvalue weighted by molar-refractivity contribution is -0.236. The number of aromatic nitrogens is 3. The van der Waals surface area contributed by atoms with Crippen molar-refractivity contribution in [1.82, 2.24) is 25.0 Å². The zero-order valence-electron chi connectivity index (χ0n) is 15.0. The van der Waals surface area contributed by atoms with E-state index in [1.165, 1.54) is 10.9 Å². The first kappa shape index (κ1) is 23.6. The minimum Gasteiger partial charge on any atom is -0.365 e. The molecule has 7 nitrogen and oxygen atoms in total. The first-order chi connectivity index (χ1) is 12.8. The summed E-state index contributed by atoms with van der Waals surface area (Å²) >= 11 is 0. The van der Waals surface area contributed by atoms with Crippen LogP contribution < -0.4 is 5.32 Å². The molecule has 162 valence electrons. The van der Waals surface area contributed by atoms with Crippen molar-refractivity contribution < 1.29 is 27.1 Å². The number of morpholine rings is 1. The predicted molar refractivity (Wildman–Crippen MR) is 100.0 cm³/mol. The maximum atomic E-state index is 14.3. The number of ether oxygens (including phenoxy) is 1. The number of nitrogens with zero attached hydrogens (tertiary/aromatic N) is 4. The van der Waals surface area contributed by atoms with Gasteiger partial charge in [-0.2, -0.15) is 18.3 Å². The van der Waals surface area contributed by atoms with Crippen molar-refractivity contribution in [3.63, 3.8) is 0 Å². The number of pyridine rings is 1. The van der Waals surface area contributed by atoms with E-state index in [2.05, 4.69) is 15.4 Å². The van der Waals surface area contributed by atoms with Crippen molar-refractivity contribution in [2.24, 2.45) is 0 Å². The van der Waals surface area contributed by atoms with E-state index in [9.17, 15) is 22.4 Å². The van der Waals surface area contributed by atoms with Gasteiger partial charge in [0.25, 0.3) is 0 Å². The van der Waals surface area contributed by atoms with Crippen LogP contribution in [-0.2, 0) is 16.1 Å². The number of rotatable bonds is 3. The minimum absolute atomic E-state index is 0. The molecule has 0 radical (unpaired) electrons. The standard InChI is InChI=1S/C16H17F4N5O2.2ClH/c17-10-5-22-6-11-14(10)15(9-3-21-4-9)23-25(11)8-13(26)24-1-2-27-12(7-24)16(18,19)20;;/h5-6,9,12,21H,1-4,7-8H2;2*1H/t12-;;/m1../s1. The molecule has 0 unspecified atom stereocenters. The van der Waals surface area contributed by atoms with E-state index in [-0.39, 0.29) is 50.4 Å². The summed E-state index contributed by atoms with van der Waals surface area (Å²) in [6, 6.07) is 0. The van der Waals surface area contributed by atoms with E-state index >= 15 is 0 Å². The van der Waals surface area contributed by atoms with Gasteiger partial charge in [0, 0.05) is 25.6 Å². The summed E-state index contributed by atoms with van der Waals surface area (Å²) in [5.41, 5.74) is 0.887. The van der Waals surface area contributed by atoms with Gasteiger partial charge in [0.15, 0.2) is 11.9 Å². The Morgan fingerprint density at radius 3 is 2.62 bits per heavy atom.